The standard InChI is InChI=1S/C36H47N3O4S.C25H34N2O2S/c1-8-28(27-14-17-38(18-15-27)35(41)43-36(5,6)7)32-25(4)31-30(44-32)16-19-39(34(31)40)21-29-23(2)20-24(3)37-33(29)42-22-26-12-10-9-11-13-26;1-5-19(18-6-9-26-10-7-18)24-17(4)23-22(30-24)8-11-27(25(23)29)14-20-16(3)12-15(2)13-21(20)28/h9-13,20,27-28H,8,14-19,21-22H2,1-7H3;12,18-19,26H,5-11,13-14H2,1-4H3/t28-;19-/m11/s1. The van der Waals surface area contributed by atoms with Crippen LogP contribution < -0.4 is 10.1 Å². The molecule has 0 saturated carbocycles. The highest BCUT2D eigenvalue weighted by Crippen LogP contribution is 2.46. The number of benzene rings is 1. The number of amides is 3. The Morgan fingerprint density at radius 2 is 1.32 bits per heavy atom. The van der Waals surface area contributed by atoms with E-state index in [0.717, 1.165) is 107 Å². The van der Waals surface area contributed by atoms with E-state index in [1.807, 2.05) is 109 Å². The predicted molar refractivity (Wildman–Crippen MR) is 299 cm³/mol. The number of carbonyl (C=O) groups excluding carboxylic acids is 4. The van der Waals surface area contributed by atoms with E-state index in [1.54, 1.807) is 0 Å². The van der Waals surface area contributed by atoms with Gasteiger partial charge in [-0.1, -0.05) is 55.8 Å². The first kappa shape index (κ1) is 55.1. The molecule has 5 aliphatic rings. The molecule has 2 saturated heterocycles. The zero-order valence-electron chi connectivity index (χ0n) is 46.1. The molecule has 13 heteroatoms. The molecule has 0 unspecified atom stereocenters. The Bertz CT molecular complexity index is 2770. The van der Waals surface area contributed by atoms with E-state index in [2.05, 4.69) is 52.1 Å². The number of ketones is 1. The summed E-state index contributed by atoms with van der Waals surface area (Å²) in [5, 5.41) is 3.48. The van der Waals surface area contributed by atoms with Crippen LogP contribution in [0.1, 0.15) is 179 Å². The number of carbonyl (C=O) groups is 4. The van der Waals surface area contributed by atoms with Crippen molar-refractivity contribution in [1.82, 2.24) is 25.0 Å². The van der Waals surface area contributed by atoms with Crippen LogP contribution in [0.5, 0.6) is 5.88 Å². The second-order valence-electron chi connectivity index (χ2n) is 22.5. The molecule has 4 aliphatic heterocycles. The number of nitrogens with zero attached hydrogens (tertiary/aromatic N) is 4. The average molecular weight is 1040 g/mol. The third kappa shape index (κ3) is 12.4. The van der Waals surface area contributed by atoms with Gasteiger partial charge in [0.2, 0.25) is 5.88 Å². The first-order chi connectivity index (χ1) is 35.3. The van der Waals surface area contributed by atoms with Gasteiger partial charge >= 0.3 is 6.09 Å². The molecular weight excluding hydrogens is 963 g/mol. The zero-order chi connectivity index (χ0) is 53.0. The summed E-state index contributed by atoms with van der Waals surface area (Å²) in [5.74, 6) is 3.14. The molecule has 1 N–H and O–H groups in total. The fourth-order valence-electron chi connectivity index (χ4n) is 12.2. The number of thiophene rings is 2. The van der Waals surface area contributed by atoms with E-state index in [0.29, 0.717) is 81.8 Å². The monoisotopic (exact) mass is 1040 g/mol. The van der Waals surface area contributed by atoms with Crippen molar-refractivity contribution in [3.05, 3.63) is 123 Å². The maximum Gasteiger partial charge on any atom is 0.410 e. The number of hydrogen-bond donors (Lipinski definition) is 1. The second-order valence-corrected chi connectivity index (χ2v) is 24.8. The van der Waals surface area contributed by atoms with E-state index < -0.39 is 5.60 Å². The summed E-state index contributed by atoms with van der Waals surface area (Å²) >= 11 is 3.72. The second kappa shape index (κ2) is 23.8. The van der Waals surface area contributed by atoms with Gasteiger partial charge in [-0.25, -0.2) is 9.78 Å². The third-order valence-electron chi connectivity index (χ3n) is 16.1. The Kier molecular flexibility index (Phi) is 17.8. The van der Waals surface area contributed by atoms with E-state index >= 15 is 0 Å². The fraction of sp³-hybridized carbons (Fsp3) is 0.557. The number of Topliss-reactive ketones (excluding diaryl/α,β-unsaturated/α-hetero) is 1. The third-order valence-corrected chi connectivity index (χ3v) is 19.0. The van der Waals surface area contributed by atoms with Gasteiger partial charge < -0.3 is 29.5 Å². The SMILES string of the molecule is CC[C@@H](c1sc2c(c1C)C(=O)N(CC1=C(C)C=C(C)CC1=O)CC2)C1CCNCC1.CC[C@@H](c1sc2c(c1C)C(=O)N(Cc1c(C)cc(C)nc1OCc1ccccc1)CC2)C1CCN(C(=O)OC(C)(C)C)CC1. The molecule has 0 bridgehead atoms. The number of hydrogen-bond acceptors (Lipinski definition) is 10. The molecule has 3 amide bonds. The predicted octanol–water partition coefficient (Wildman–Crippen LogP) is 12.8. The smallest absolute Gasteiger partial charge is 0.410 e. The molecule has 9 rings (SSSR count). The van der Waals surface area contributed by atoms with E-state index in [9.17, 15) is 19.2 Å². The molecule has 3 aromatic heterocycles. The molecule has 1 aliphatic carbocycles. The average Bonchev–Trinajstić information content (AvgIpc) is 3.88. The number of aromatic nitrogens is 1. The van der Waals surface area contributed by atoms with Crippen LogP contribution in [0.2, 0.25) is 0 Å². The summed E-state index contributed by atoms with van der Waals surface area (Å²) in [6, 6.07) is 12.2. The first-order valence-corrected chi connectivity index (χ1v) is 29.0. The number of likely N-dealkylation sites (tertiary alicyclic amines) is 1. The summed E-state index contributed by atoms with van der Waals surface area (Å²) in [4.78, 5) is 68.4. The molecule has 1 aromatic carbocycles. The summed E-state index contributed by atoms with van der Waals surface area (Å²) in [5.41, 5.74) is 10.7. The van der Waals surface area contributed by atoms with Crippen LogP contribution in [0.3, 0.4) is 0 Å². The van der Waals surface area contributed by atoms with Gasteiger partial charge in [0.25, 0.3) is 11.8 Å². The highest BCUT2D eigenvalue weighted by atomic mass is 32.1. The van der Waals surface area contributed by atoms with Crippen molar-refractivity contribution in [2.24, 2.45) is 11.8 Å². The largest absolute Gasteiger partial charge is 0.473 e. The summed E-state index contributed by atoms with van der Waals surface area (Å²) < 4.78 is 11.9. The lowest BCUT2D eigenvalue weighted by atomic mass is 9.80. The molecule has 11 nitrogen and oxygen atoms in total. The van der Waals surface area contributed by atoms with E-state index in [-0.39, 0.29) is 23.7 Å². The van der Waals surface area contributed by atoms with Crippen LogP contribution >= 0.6 is 22.7 Å². The molecule has 74 heavy (non-hydrogen) atoms. The fourth-order valence-corrected chi connectivity index (χ4v) is 15.3. The molecule has 0 spiro atoms. The van der Waals surface area contributed by atoms with Crippen LogP contribution in [-0.2, 0) is 35.5 Å². The summed E-state index contributed by atoms with van der Waals surface area (Å²) in [7, 11) is 0. The highest BCUT2D eigenvalue weighted by Gasteiger charge is 2.38. The van der Waals surface area contributed by atoms with E-state index in [1.165, 1.54) is 37.9 Å². The number of aryl methyl sites for hydroxylation is 2. The normalized spacial score (nSPS) is 18.7. The Labute approximate surface area is 449 Å². The van der Waals surface area contributed by atoms with Gasteiger partial charge in [-0.15, -0.1) is 22.7 Å². The van der Waals surface area contributed by atoms with Crippen molar-refractivity contribution in [1.29, 1.82) is 0 Å². The van der Waals surface area contributed by atoms with Gasteiger partial charge in [-0.3, -0.25) is 14.4 Å². The molecule has 4 aromatic rings. The van der Waals surface area contributed by atoms with Crippen LogP contribution in [-0.4, -0.2) is 94.8 Å². The van der Waals surface area contributed by atoms with Crippen molar-refractivity contribution in [2.45, 2.75) is 165 Å². The molecular formula is C61H81N5O6S2. The number of allylic oxidation sites excluding steroid dienone is 3. The first-order valence-electron chi connectivity index (χ1n) is 27.4. The van der Waals surface area contributed by atoms with Gasteiger partial charge in [0.05, 0.1) is 17.7 Å². The molecule has 7 heterocycles. The lowest BCUT2D eigenvalue weighted by Crippen LogP contribution is -2.42. The summed E-state index contributed by atoms with van der Waals surface area (Å²) in [6.45, 7) is 29.0. The van der Waals surface area contributed by atoms with Crippen molar-refractivity contribution in [2.75, 3.05) is 45.8 Å². The van der Waals surface area contributed by atoms with Crippen LogP contribution in [0.15, 0.2) is 59.2 Å². The Balaban J connectivity index is 0.000000211. The minimum atomic E-state index is -0.487. The number of nitrogens with one attached hydrogen (secondary N) is 1. The minimum Gasteiger partial charge on any atom is -0.473 e. The lowest BCUT2D eigenvalue weighted by Gasteiger charge is -2.36. The molecule has 2 fully saturated rings. The van der Waals surface area contributed by atoms with Gasteiger partial charge in [0, 0.05) is 88.3 Å². The Morgan fingerprint density at radius 3 is 1.86 bits per heavy atom. The van der Waals surface area contributed by atoms with Gasteiger partial charge in [0.15, 0.2) is 5.78 Å². The summed E-state index contributed by atoms with van der Waals surface area (Å²) in [6.07, 6.45) is 10.6. The topological polar surface area (TPSA) is 121 Å². The van der Waals surface area contributed by atoms with Crippen LogP contribution in [0.25, 0.3) is 0 Å². The maximum absolute atomic E-state index is 14.1. The van der Waals surface area contributed by atoms with Crippen molar-refractivity contribution in [3.8, 4) is 5.88 Å². The van der Waals surface area contributed by atoms with Crippen molar-refractivity contribution in [3.63, 3.8) is 0 Å². The lowest BCUT2D eigenvalue weighted by molar-refractivity contribution is -0.115. The molecule has 2 atom stereocenters. The molecule has 398 valence electrons. The highest BCUT2D eigenvalue weighted by molar-refractivity contribution is 7.13. The maximum atomic E-state index is 14.1. The van der Waals surface area contributed by atoms with Gasteiger partial charge in [0.1, 0.15) is 12.2 Å². The Morgan fingerprint density at radius 1 is 0.770 bits per heavy atom. The number of ether oxygens (including phenoxy) is 2. The van der Waals surface area contributed by atoms with E-state index in [4.69, 9.17) is 14.5 Å². The van der Waals surface area contributed by atoms with Crippen LogP contribution in [0, 0.1) is 39.5 Å². The number of pyridine rings is 1. The van der Waals surface area contributed by atoms with Crippen LogP contribution in [0.4, 0.5) is 4.79 Å². The number of piperidine rings is 2. The van der Waals surface area contributed by atoms with Gasteiger partial charge in [-0.2, -0.15) is 0 Å². The van der Waals surface area contributed by atoms with Gasteiger partial charge in [-0.05, 0) is 171 Å². The Hall–Kier alpha value is -5.11. The molecule has 0 radical (unpaired) electrons. The minimum absolute atomic E-state index is 0.106. The quantitative estimate of drug-likeness (QED) is 0.141. The van der Waals surface area contributed by atoms with Crippen molar-refractivity contribution < 1.29 is 28.7 Å². The number of fused-ring (bicyclic) bond motifs is 2. The number of rotatable bonds is 13. The van der Waals surface area contributed by atoms with Crippen molar-refractivity contribution >= 4 is 46.4 Å². The zero-order valence-corrected chi connectivity index (χ0v) is 47.8.